The molecule has 0 aliphatic rings. The van der Waals surface area contributed by atoms with Crippen LogP contribution in [0.4, 0.5) is 10.2 Å². The number of benzene rings is 2. The number of rotatable bonds is 6. The van der Waals surface area contributed by atoms with E-state index >= 15 is 0 Å². The number of aromatic nitrogens is 2. The molecule has 0 unspecified atom stereocenters. The highest BCUT2D eigenvalue weighted by Gasteiger charge is 2.30. The van der Waals surface area contributed by atoms with Crippen molar-refractivity contribution in [3.05, 3.63) is 60.7 Å². The van der Waals surface area contributed by atoms with Gasteiger partial charge >= 0.3 is 0 Å². The van der Waals surface area contributed by atoms with Gasteiger partial charge in [0.2, 0.25) is 10.0 Å². The fourth-order valence-electron chi connectivity index (χ4n) is 3.05. The molecule has 9 heteroatoms. The number of nitrogens with two attached hydrogens (primary N) is 1. The summed E-state index contributed by atoms with van der Waals surface area (Å²) in [4.78, 5) is 7.99. The number of halogens is 1. The van der Waals surface area contributed by atoms with Crippen LogP contribution in [0.25, 0.3) is 22.4 Å². The minimum absolute atomic E-state index is 0.00266. The van der Waals surface area contributed by atoms with Crippen molar-refractivity contribution < 1.29 is 17.9 Å². The molecule has 164 valence electrons. The molecule has 0 saturated heterocycles. The fraction of sp³-hybridized carbons (Fsp3) is 0.273. The van der Waals surface area contributed by atoms with Crippen LogP contribution in [0.3, 0.4) is 0 Å². The number of sulfonamides is 1. The van der Waals surface area contributed by atoms with Crippen LogP contribution in [0.1, 0.15) is 20.8 Å². The molecule has 1 heterocycles. The molecule has 1 aromatic heterocycles. The molecule has 3 rings (SSSR count). The van der Waals surface area contributed by atoms with Gasteiger partial charge in [0, 0.05) is 17.2 Å². The summed E-state index contributed by atoms with van der Waals surface area (Å²) >= 11 is 0. The quantitative estimate of drug-likeness (QED) is 0.537. The van der Waals surface area contributed by atoms with Crippen LogP contribution in [-0.2, 0) is 10.0 Å². The summed E-state index contributed by atoms with van der Waals surface area (Å²) in [6.07, 6.45) is 2.71. The third-order valence-electron chi connectivity index (χ3n) is 4.93. The lowest BCUT2D eigenvalue weighted by molar-refractivity contribution is 0.177. The molecule has 0 radical (unpaired) electrons. The molecule has 4 N–H and O–H groups in total. The summed E-state index contributed by atoms with van der Waals surface area (Å²) in [7, 11) is -3.98. The van der Waals surface area contributed by atoms with Crippen molar-refractivity contribution in [3.63, 3.8) is 0 Å². The van der Waals surface area contributed by atoms with Crippen LogP contribution in [-0.4, -0.2) is 36.1 Å². The first-order valence-corrected chi connectivity index (χ1v) is 11.1. The number of anilines is 1. The zero-order valence-electron chi connectivity index (χ0n) is 17.5. The smallest absolute Gasteiger partial charge is 0.241 e. The Morgan fingerprint density at radius 2 is 1.81 bits per heavy atom. The minimum atomic E-state index is -3.98. The van der Waals surface area contributed by atoms with Gasteiger partial charge in [0.25, 0.3) is 0 Å². The third kappa shape index (κ3) is 5.07. The van der Waals surface area contributed by atoms with Crippen molar-refractivity contribution >= 4 is 15.8 Å². The Balaban J connectivity index is 2.02. The lowest BCUT2D eigenvalue weighted by Gasteiger charge is -2.29. The van der Waals surface area contributed by atoms with Gasteiger partial charge in [-0.3, -0.25) is 4.98 Å². The topological polar surface area (TPSA) is 118 Å². The van der Waals surface area contributed by atoms with Crippen molar-refractivity contribution in [2.24, 2.45) is 5.41 Å². The molecule has 0 saturated carbocycles. The number of hydrogen-bond acceptors (Lipinski definition) is 6. The van der Waals surface area contributed by atoms with E-state index in [2.05, 4.69) is 14.7 Å². The summed E-state index contributed by atoms with van der Waals surface area (Å²) in [5.74, 6) is -0.344. The molecular weight excluding hydrogens is 419 g/mol. The lowest BCUT2D eigenvalue weighted by atomic mass is 9.88. The number of aliphatic hydroxyl groups excluding tert-OH is 1. The SMILES string of the molecule is CC(C)(C)[C@H](CO)NS(=O)(=O)c1ccccc1-c1ccc(-c2cnc(N)cn2)c(F)c1. The van der Waals surface area contributed by atoms with Crippen LogP contribution < -0.4 is 10.5 Å². The summed E-state index contributed by atoms with van der Waals surface area (Å²) in [6, 6.07) is 10.1. The molecule has 0 amide bonds. The Morgan fingerprint density at radius 3 is 2.39 bits per heavy atom. The van der Waals surface area contributed by atoms with Crippen LogP contribution in [0.5, 0.6) is 0 Å². The van der Waals surface area contributed by atoms with E-state index in [-0.39, 0.29) is 22.9 Å². The second-order valence-corrected chi connectivity index (χ2v) is 9.92. The highest BCUT2D eigenvalue weighted by atomic mass is 32.2. The van der Waals surface area contributed by atoms with Gasteiger partial charge in [0.05, 0.1) is 29.6 Å². The molecule has 2 aromatic carbocycles. The normalized spacial score (nSPS) is 13.2. The van der Waals surface area contributed by atoms with Gasteiger partial charge in [-0.2, -0.15) is 0 Å². The maximum atomic E-state index is 14.9. The molecule has 0 aliphatic heterocycles. The molecule has 0 spiro atoms. The summed E-state index contributed by atoms with van der Waals surface area (Å²) < 4.78 is 43.6. The first-order chi connectivity index (χ1) is 14.5. The molecule has 0 fully saturated rings. The van der Waals surface area contributed by atoms with Crippen molar-refractivity contribution in [1.29, 1.82) is 0 Å². The van der Waals surface area contributed by atoms with Crippen molar-refractivity contribution in [2.75, 3.05) is 12.3 Å². The zero-order chi connectivity index (χ0) is 22.8. The van der Waals surface area contributed by atoms with Gasteiger partial charge in [0.1, 0.15) is 11.6 Å². The molecular formula is C22H25FN4O3S. The van der Waals surface area contributed by atoms with Gasteiger partial charge in [-0.25, -0.2) is 22.5 Å². The molecule has 31 heavy (non-hydrogen) atoms. The minimum Gasteiger partial charge on any atom is -0.395 e. The largest absolute Gasteiger partial charge is 0.395 e. The summed E-state index contributed by atoms with van der Waals surface area (Å²) in [5, 5.41) is 9.66. The first-order valence-electron chi connectivity index (χ1n) is 9.63. The highest BCUT2D eigenvalue weighted by molar-refractivity contribution is 7.89. The van der Waals surface area contributed by atoms with E-state index in [1.165, 1.54) is 30.6 Å². The zero-order valence-corrected chi connectivity index (χ0v) is 18.3. The van der Waals surface area contributed by atoms with Gasteiger partial charge in [-0.1, -0.05) is 45.0 Å². The summed E-state index contributed by atoms with van der Waals surface area (Å²) in [6.45, 7) is 5.14. The van der Waals surface area contributed by atoms with Crippen LogP contribution in [0.15, 0.2) is 59.8 Å². The van der Waals surface area contributed by atoms with E-state index in [9.17, 15) is 17.9 Å². The van der Waals surface area contributed by atoms with E-state index in [0.717, 1.165) is 0 Å². The lowest BCUT2D eigenvalue weighted by Crippen LogP contribution is -2.46. The van der Waals surface area contributed by atoms with Gasteiger partial charge < -0.3 is 10.8 Å². The van der Waals surface area contributed by atoms with E-state index in [4.69, 9.17) is 5.73 Å². The molecule has 3 aromatic rings. The Kier molecular flexibility index (Phi) is 6.40. The Hall–Kier alpha value is -2.88. The molecule has 0 aliphatic carbocycles. The van der Waals surface area contributed by atoms with Gasteiger partial charge in [0.15, 0.2) is 0 Å². The second kappa shape index (κ2) is 8.70. The maximum Gasteiger partial charge on any atom is 0.241 e. The number of nitrogens with one attached hydrogen (secondary N) is 1. The third-order valence-corrected chi connectivity index (χ3v) is 6.46. The number of nitrogen functional groups attached to an aromatic ring is 1. The first kappa shape index (κ1) is 22.8. The van der Waals surface area contributed by atoms with E-state index in [1.54, 1.807) is 24.3 Å². The predicted molar refractivity (Wildman–Crippen MR) is 118 cm³/mol. The highest BCUT2D eigenvalue weighted by Crippen LogP contribution is 2.32. The van der Waals surface area contributed by atoms with E-state index in [1.807, 2.05) is 20.8 Å². The summed E-state index contributed by atoms with van der Waals surface area (Å²) in [5.41, 5.74) is 6.30. The van der Waals surface area contributed by atoms with Crippen LogP contribution in [0.2, 0.25) is 0 Å². The van der Waals surface area contributed by atoms with Gasteiger partial charge in [-0.15, -0.1) is 0 Å². The maximum absolute atomic E-state index is 14.9. The average Bonchev–Trinajstić information content (AvgIpc) is 2.72. The number of hydrogen-bond donors (Lipinski definition) is 3. The predicted octanol–water partition coefficient (Wildman–Crippen LogP) is 3.22. The van der Waals surface area contributed by atoms with E-state index < -0.39 is 27.3 Å². The number of aliphatic hydroxyl groups is 1. The van der Waals surface area contributed by atoms with E-state index in [0.29, 0.717) is 16.8 Å². The molecule has 0 bridgehead atoms. The monoisotopic (exact) mass is 444 g/mol. The van der Waals surface area contributed by atoms with Crippen LogP contribution >= 0.6 is 0 Å². The second-order valence-electron chi connectivity index (χ2n) is 8.24. The van der Waals surface area contributed by atoms with Gasteiger partial charge in [-0.05, 0) is 29.2 Å². The standard InChI is InChI=1S/C22H25FN4O3S/c1-22(2,3)20(13-28)27-31(29,30)19-7-5-4-6-15(19)14-8-9-16(17(23)10-14)18-11-26-21(24)12-25-18/h4-12,20,27-28H,13H2,1-3H3,(H2,24,26)/t20-/m0/s1. The fourth-order valence-corrected chi connectivity index (χ4v) is 4.71. The molecule has 1 atom stereocenters. The van der Waals surface area contributed by atoms with Crippen molar-refractivity contribution in [2.45, 2.75) is 31.7 Å². The number of nitrogens with zero attached hydrogens (tertiary/aromatic N) is 2. The van der Waals surface area contributed by atoms with Crippen molar-refractivity contribution in [3.8, 4) is 22.4 Å². The Morgan fingerprint density at radius 1 is 1.10 bits per heavy atom. The average molecular weight is 445 g/mol. The van der Waals surface area contributed by atoms with Crippen LogP contribution in [0, 0.1) is 11.2 Å². The van der Waals surface area contributed by atoms with Crippen molar-refractivity contribution in [1.82, 2.24) is 14.7 Å². The Labute approximate surface area is 181 Å². The Bertz CT molecular complexity index is 1180. The molecule has 7 nitrogen and oxygen atoms in total.